The van der Waals surface area contributed by atoms with Gasteiger partial charge >= 0.3 is 5.97 Å². The number of carbonyl (C=O) groups is 1. The third kappa shape index (κ3) is 1.89. The van der Waals surface area contributed by atoms with Crippen LogP contribution >= 0.6 is 0 Å². The third-order valence-electron chi connectivity index (χ3n) is 2.25. The Balaban J connectivity index is 2.22. The summed E-state index contributed by atoms with van der Waals surface area (Å²) in [4.78, 5) is 12.5. The van der Waals surface area contributed by atoms with Crippen molar-refractivity contribution in [2.75, 3.05) is 36.9 Å². The smallest absolute Gasteiger partial charge is 0.371 e. The van der Waals surface area contributed by atoms with Crippen molar-refractivity contribution in [2.45, 2.75) is 0 Å². The van der Waals surface area contributed by atoms with Crippen molar-refractivity contribution in [1.82, 2.24) is 0 Å². The van der Waals surface area contributed by atoms with E-state index in [0.717, 1.165) is 0 Å². The molecule has 1 saturated heterocycles. The van der Waals surface area contributed by atoms with E-state index in [2.05, 4.69) is 0 Å². The molecule has 0 radical (unpaired) electrons. The predicted octanol–water partition coefficient (Wildman–Crippen LogP) is 0.397. The van der Waals surface area contributed by atoms with E-state index in [-0.39, 0.29) is 5.76 Å². The molecule has 0 unspecified atom stereocenters. The zero-order chi connectivity index (χ0) is 10.8. The number of nitrogens with zero attached hydrogens (tertiary/aromatic N) is 1. The summed E-state index contributed by atoms with van der Waals surface area (Å²) < 4.78 is 10.3. The van der Waals surface area contributed by atoms with Crippen molar-refractivity contribution in [1.29, 1.82) is 0 Å². The molecule has 0 saturated carbocycles. The van der Waals surface area contributed by atoms with Crippen molar-refractivity contribution in [3.8, 4) is 0 Å². The first-order chi connectivity index (χ1) is 7.18. The van der Waals surface area contributed by atoms with E-state index < -0.39 is 5.97 Å². The van der Waals surface area contributed by atoms with Crippen LogP contribution < -0.4 is 10.6 Å². The summed E-state index contributed by atoms with van der Waals surface area (Å²) in [5.41, 5.74) is 6.03. The molecule has 1 fully saturated rings. The number of furan rings is 1. The number of ether oxygens (including phenoxy) is 1. The number of nitrogens with two attached hydrogens (primary N) is 1. The molecule has 6 heteroatoms. The zero-order valence-electron chi connectivity index (χ0n) is 8.10. The molecule has 0 atom stereocenters. The maximum atomic E-state index is 10.7. The summed E-state index contributed by atoms with van der Waals surface area (Å²) in [6.45, 7) is 2.53. The molecule has 82 valence electrons. The van der Waals surface area contributed by atoms with Crippen LogP contribution in [0, 0.1) is 0 Å². The minimum absolute atomic E-state index is 0.131. The standard InChI is InChI=1S/C9H12N2O4/c10-6-5-7(9(12)13)15-8(6)11-1-3-14-4-2-11/h5H,1-4,10H2,(H,12,13). The monoisotopic (exact) mass is 212 g/mol. The number of hydrogen-bond acceptors (Lipinski definition) is 5. The summed E-state index contributed by atoms with van der Waals surface area (Å²) in [7, 11) is 0. The Morgan fingerprint density at radius 2 is 2.13 bits per heavy atom. The van der Waals surface area contributed by atoms with E-state index in [1.165, 1.54) is 6.07 Å². The molecule has 2 heterocycles. The summed E-state index contributed by atoms with van der Waals surface area (Å²) >= 11 is 0. The SMILES string of the molecule is Nc1cc(C(=O)O)oc1N1CCOCC1. The van der Waals surface area contributed by atoms with E-state index in [4.69, 9.17) is 20.0 Å². The number of rotatable bonds is 2. The van der Waals surface area contributed by atoms with Gasteiger partial charge in [-0.2, -0.15) is 0 Å². The van der Waals surface area contributed by atoms with Gasteiger partial charge in [0.25, 0.3) is 0 Å². The Kier molecular flexibility index (Phi) is 2.51. The molecular weight excluding hydrogens is 200 g/mol. The first kappa shape index (κ1) is 9.85. The average Bonchev–Trinajstić information content (AvgIpc) is 2.62. The lowest BCUT2D eigenvalue weighted by molar-refractivity contribution is 0.0662. The number of nitrogen functional groups attached to an aromatic ring is 1. The average molecular weight is 212 g/mol. The van der Waals surface area contributed by atoms with Gasteiger partial charge in [-0.1, -0.05) is 0 Å². The van der Waals surface area contributed by atoms with E-state index in [9.17, 15) is 4.79 Å². The first-order valence-corrected chi connectivity index (χ1v) is 4.64. The van der Waals surface area contributed by atoms with Gasteiger partial charge < -0.3 is 24.9 Å². The minimum Gasteiger partial charge on any atom is -0.475 e. The number of aromatic carboxylic acids is 1. The highest BCUT2D eigenvalue weighted by molar-refractivity contribution is 5.87. The van der Waals surface area contributed by atoms with Crippen LogP contribution in [-0.4, -0.2) is 37.4 Å². The molecule has 6 nitrogen and oxygen atoms in total. The van der Waals surface area contributed by atoms with Crippen LogP contribution in [0.15, 0.2) is 10.5 Å². The Bertz CT molecular complexity index is 368. The highest BCUT2D eigenvalue weighted by Crippen LogP contribution is 2.28. The van der Waals surface area contributed by atoms with Gasteiger partial charge in [0, 0.05) is 19.2 Å². The van der Waals surface area contributed by atoms with Crippen molar-refractivity contribution < 1.29 is 19.1 Å². The second-order valence-corrected chi connectivity index (χ2v) is 3.28. The van der Waals surface area contributed by atoms with Gasteiger partial charge in [-0.3, -0.25) is 0 Å². The normalized spacial score (nSPS) is 16.7. The van der Waals surface area contributed by atoms with Gasteiger partial charge in [-0.25, -0.2) is 4.79 Å². The number of carboxylic acids is 1. The number of hydrogen-bond donors (Lipinski definition) is 2. The topological polar surface area (TPSA) is 88.9 Å². The molecule has 1 aliphatic rings. The molecule has 1 aromatic heterocycles. The second kappa shape index (κ2) is 3.82. The van der Waals surface area contributed by atoms with Crippen LogP contribution in [0.25, 0.3) is 0 Å². The molecule has 3 N–H and O–H groups in total. The van der Waals surface area contributed by atoms with Crippen molar-refractivity contribution in [2.24, 2.45) is 0 Å². The highest BCUT2D eigenvalue weighted by Gasteiger charge is 2.20. The Morgan fingerprint density at radius 1 is 1.47 bits per heavy atom. The third-order valence-corrected chi connectivity index (χ3v) is 2.25. The molecule has 0 aromatic carbocycles. The number of morpholine rings is 1. The Labute approximate surface area is 86.2 Å². The van der Waals surface area contributed by atoms with Crippen LogP contribution in [0.3, 0.4) is 0 Å². The Hall–Kier alpha value is -1.69. The fourth-order valence-corrected chi connectivity index (χ4v) is 1.51. The Morgan fingerprint density at radius 3 is 2.67 bits per heavy atom. The fourth-order valence-electron chi connectivity index (χ4n) is 1.51. The van der Waals surface area contributed by atoms with Crippen LogP contribution in [0.1, 0.15) is 10.6 Å². The molecule has 0 bridgehead atoms. The maximum absolute atomic E-state index is 10.7. The van der Waals surface area contributed by atoms with Gasteiger partial charge in [-0.15, -0.1) is 0 Å². The summed E-state index contributed by atoms with van der Waals surface area (Å²) in [5, 5.41) is 8.73. The van der Waals surface area contributed by atoms with E-state index in [1.807, 2.05) is 4.90 Å². The van der Waals surface area contributed by atoms with Gasteiger partial charge in [0.1, 0.15) is 0 Å². The predicted molar refractivity (Wildman–Crippen MR) is 53.1 cm³/mol. The van der Waals surface area contributed by atoms with E-state index >= 15 is 0 Å². The number of anilines is 2. The van der Waals surface area contributed by atoms with Crippen LogP contribution in [0.2, 0.25) is 0 Å². The molecular formula is C9H12N2O4. The van der Waals surface area contributed by atoms with E-state index in [1.54, 1.807) is 0 Å². The van der Waals surface area contributed by atoms with Crippen molar-refractivity contribution in [3.05, 3.63) is 11.8 Å². The van der Waals surface area contributed by atoms with Gasteiger partial charge in [-0.05, 0) is 0 Å². The lowest BCUT2D eigenvalue weighted by Crippen LogP contribution is -2.36. The molecule has 1 aliphatic heterocycles. The van der Waals surface area contributed by atoms with Crippen LogP contribution in [0.4, 0.5) is 11.6 Å². The van der Waals surface area contributed by atoms with Crippen LogP contribution in [-0.2, 0) is 4.74 Å². The molecule has 0 aliphatic carbocycles. The maximum Gasteiger partial charge on any atom is 0.371 e. The lowest BCUT2D eigenvalue weighted by atomic mass is 10.3. The van der Waals surface area contributed by atoms with Crippen molar-refractivity contribution in [3.63, 3.8) is 0 Å². The van der Waals surface area contributed by atoms with E-state index in [0.29, 0.717) is 37.9 Å². The largest absolute Gasteiger partial charge is 0.475 e. The summed E-state index contributed by atoms with van der Waals surface area (Å²) in [5.74, 6) is -0.814. The van der Waals surface area contributed by atoms with Crippen molar-refractivity contribution >= 4 is 17.5 Å². The van der Waals surface area contributed by atoms with Gasteiger partial charge in [0.2, 0.25) is 11.6 Å². The zero-order valence-corrected chi connectivity index (χ0v) is 8.10. The van der Waals surface area contributed by atoms with Gasteiger partial charge in [0.05, 0.1) is 18.9 Å². The molecule has 1 aromatic rings. The number of carboxylic acid groups (broad SMARTS) is 1. The fraction of sp³-hybridized carbons (Fsp3) is 0.444. The molecule has 15 heavy (non-hydrogen) atoms. The molecule has 0 amide bonds. The molecule has 0 spiro atoms. The molecule has 2 rings (SSSR count). The second-order valence-electron chi connectivity index (χ2n) is 3.28. The quantitative estimate of drug-likeness (QED) is 0.737. The summed E-state index contributed by atoms with van der Waals surface area (Å²) in [6, 6.07) is 1.33. The van der Waals surface area contributed by atoms with Crippen LogP contribution in [0.5, 0.6) is 0 Å². The first-order valence-electron chi connectivity index (χ1n) is 4.64. The highest BCUT2D eigenvalue weighted by atomic mass is 16.5. The van der Waals surface area contributed by atoms with Gasteiger partial charge in [0.15, 0.2) is 0 Å². The lowest BCUT2D eigenvalue weighted by Gasteiger charge is -2.26. The minimum atomic E-state index is -1.11. The summed E-state index contributed by atoms with van der Waals surface area (Å²) in [6.07, 6.45) is 0.